The third-order valence-electron chi connectivity index (χ3n) is 2.17. The Kier molecular flexibility index (Phi) is 4.92. The molecule has 2 amide bonds. The number of hydrogen-bond acceptors (Lipinski definition) is 3. The topological polar surface area (TPSA) is 67.4 Å². The third kappa shape index (κ3) is 5.90. The molecular weight excluding hydrogens is 244 g/mol. The summed E-state index contributed by atoms with van der Waals surface area (Å²) in [7, 11) is 0. The molecule has 0 aliphatic carbocycles. The molecule has 0 saturated heterocycles. The van der Waals surface area contributed by atoms with E-state index >= 15 is 0 Å². The Morgan fingerprint density at radius 1 is 1.16 bits per heavy atom. The summed E-state index contributed by atoms with van der Waals surface area (Å²) >= 11 is 0. The Morgan fingerprint density at radius 2 is 1.74 bits per heavy atom. The Labute approximate surface area is 113 Å². The zero-order chi connectivity index (χ0) is 14.5. The van der Waals surface area contributed by atoms with Gasteiger partial charge in [-0.2, -0.15) is 0 Å². The van der Waals surface area contributed by atoms with Gasteiger partial charge in [0.15, 0.2) is 0 Å². The molecule has 1 aromatic carbocycles. The van der Waals surface area contributed by atoms with Crippen molar-refractivity contribution in [3.8, 4) is 0 Å². The van der Waals surface area contributed by atoms with Crippen LogP contribution in [-0.4, -0.2) is 23.6 Å². The Hall–Kier alpha value is -2.04. The van der Waals surface area contributed by atoms with Gasteiger partial charge in [0, 0.05) is 5.69 Å². The SMILES string of the molecule is C[C@H](NC(=O)OC(C)(C)C)C(=O)Nc1ccccc1. The van der Waals surface area contributed by atoms with E-state index in [1.54, 1.807) is 39.8 Å². The van der Waals surface area contributed by atoms with Gasteiger partial charge in [0.2, 0.25) is 5.91 Å². The number of hydrogen-bond donors (Lipinski definition) is 2. The maximum atomic E-state index is 11.8. The van der Waals surface area contributed by atoms with E-state index in [2.05, 4.69) is 10.6 Å². The molecule has 19 heavy (non-hydrogen) atoms. The molecule has 5 nitrogen and oxygen atoms in total. The second-order valence-corrected chi connectivity index (χ2v) is 5.22. The van der Waals surface area contributed by atoms with Gasteiger partial charge in [-0.05, 0) is 39.8 Å². The number of benzene rings is 1. The minimum atomic E-state index is -0.671. The number of amides is 2. The lowest BCUT2D eigenvalue weighted by atomic mass is 10.2. The van der Waals surface area contributed by atoms with Crippen LogP contribution in [0.25, 0.3) is 0 Å². The first-order valence-corrected chi connectivity index (χ1v) is 6.13. The van der Waals surface area contributed by atoms with Crippen molar-refractivity contribution in [1.82, 2.24) is 5.32 Å². The van der Waals surface area contributed by atoms with E-state index < -0.39 is 17.7 Å². The number of ether oxygens (including phenoxy) is 1. The molecule has 0 saturated carbocycles. The molecule has 5 heteroatoms. The van der Waals surface area contributed by atoms with Crippen molar-refractivity contribution >= 4 is 17.7 Å². The van der Waals surface area contributed by atoms with Gasteiger partial charge < -0.3 is 15.4 Å². The van der Waals surface area contributed by atoms with Crippen LogP contribution in [0.3, 0.4) is 0 Å². The minimum absolute atomic E-state index is 0.294. The molecule has 104 valence electrons. The van der Waals surface area contributed by atoms with Crippen molar-refractivity contribution in [1.29, 1.82) is 0 Å². The van der Waals surface area contributed by atoms with Crippen LogP contribution in [0.1, 0.15) is 27.7 Å². The Bertz CT molecular complexity index is 438. The number of anilines is 1. The molecule has 0 radical (unpaired) electrons. The second kappa shape index (κ2) is 6.22. The molecule has 2 N–H and O–H groups in total. The molecule has 0 spiro atoms. The Balaban J connectivity index is 2.47. The van der Waals surface area contributed by atoms with E-state index in [1.165, 1.54) is 0 Å². The summed E-state index contributed by atoms with van der Waals surface area (Å²) in [6.07, 6.45) is -0.608. The van der Waals surface area contributed by atoms with Gasteiger partial charge in [0.1, 0.15) is 11.6 Å². The third-order valence-corrected chi connectivity index (χ3v) is 2.17. The summed E-state index contributed by atoms with van der Waals surface area (Å²) < 4.78 is 5.08. The zero-order valence-corrected chi connectivity index (χ0v) is 11.7. The number of para-hydroxylation sites is 1. The first-order chi connectivity index (χ1) is 8.78. The summed E-state index contributed by atoms with van der Waals surface area (Å²) in [5, 5.41) is 5.18. The van der Waals surface area contributed by atoms with Crippen LogP contribution in [0.2, 0.25) is 0 Å². The molecule has 0 aromatic heterocycles. The van der Waals surface area contributed by atoms with Crippen LogP contribution in [0.5, 0.6) is 0 Å². The molecule has 0 aliphatic heterocycles. The first kappa shape index (κ1) is 15.0. The largest absolute Gasteiger partial charge is 0.444 e. The van der Waals surface area contributed by atoms with E-state index in [0.717, 1.165) is 0 Å². The average molecular weight is 264 g/mol. The highest BCUT2D eigenvalue weighted by atomic mass is 16.6. The standard InChI is InChI=1S/C14H20N2O3/c1-10(15-13(18)19-14(2,3)4)12(17)16-11-8-6-5-7-9-11/h5-10H,1-4H3,(H,15,18)(H,16,17)/t10-/m0/s1. The Morgan fingerprint density at radius 3 is 2.26 bits per heavy atom. The molecule has 0 bridgehead atoms. The average Bonchev–Trinajstić information content (AvgIpc) is 2.27. The maximum Gasteiger partial charge on any atom is 0.408 e. The quantitative estimate of drug-likeness (QED) is 0.881. The van der Waals surface area contributed by atoms with E-state index in [1.807, 2.05) is 18.2 Å². The van der Waals surface area contributed by atoms with Crippen molar-refractivity contribution in [2.75, 3.05) is 5.32 Å². The number of rotatable bonds is 3. The van der Waals surface area contributed by atoms with Gasteiger partial charge in [-0.25, -0.2) is 4.79 Å². The predicted octanol–water partition coefficient (Wildman–Crippen LogP) is 2.54. The molecule has 1 atom stereocenters. The monoisotopic (exact) mass is 264 g/mol. The van der Waals surface area contributed by atoms with Gasteiger partial charge in [-0.1, -0.05) is 18.2 Å². The van der Waals surface area contributed by atoms with Gasteiger partial charge in [-0.15, -0.1) is 0 Å². The highest BCUT2D eigenvalue weighted by Gasteiger charge is 2.20. The molecule has 1 rings (SSSR count). The van der Waals surface area contributed by atoms with Crippen molar-refractivity contribution in [3.63, 3.8) is 0 Å². The molecule has 0 heterocycles. The van der Waals surface area contributed by atoms with E-state index in [4.69, 9.17) is 4.74 Å². The lowest BCUT2D eigenvalue weighted by Crippen LogP contribution is -2.43. The summed E-state index contributed by atoms with van der Waals surface area (Å²) in [6, 6.07) is 8.38. The van der Waals surface area contributed by atoms with Crippen LogP contribution < -0.4 is 10.6 Å². The molecule has 1 aromatic rings. The van der Waals surface area contributed by atoms with Crippen molar-refractivity contribution in [2.24, 2.45) is 0 Å². The first-order valence-electron chi connectivity index (χ1n) is 6.13. The van der Waals surface area contributed by atoms with Crippen molar-refractivity contribution in [2.45, 2.75) is 39.3 Å². The molecular formula is C14H20N2O3. The van der Waals surface area contributed by atoms with Crippen molar-refractivity contribution < 1.29 is 14.3 Å². The van der Waals surface area contributed by atoms with E-state index in [0.29, 0.717) is 5.69 Å². The van der Waals surface area contributed by atoms with Gasteiger partial charge in [0.25, 0.3) is 0 Å². The molecule has 0 unspecified atom stereocenters. The number of carbonyl (C=O) groups is 2. The lowest BCUT2D eigenvalue weighted by molar-refractivity contribution is -0.117. The van der Waals surface area contributed by atoms with Crippen LogP contribution in [0.15, 0.2) is 30.3 Å². The number of carbonyl (C=O) groups excluding carboxylic acids is 2. The highest BCUT2D eigenvalue weighted by Crippen LogP contribution is 2.08. The summed E-state index contributed by atoms with van der Waals surface area (Å²) in [4.78, 5) is 23.3. The van der Waals surface area contributed by atoms with Gasteiger partial charge in [-0.3, -0.25) is 4.79 Å². The van der Waals surface area contributed by atoms with Gasteiger partial charge in [0.05, 0.1) is 0 Å². The van der Waals surface area contributed by atoms with Crippen LogP contribution in [0, 0.1) is 0 Å². The highest BCUT2D eigenvalue weighted by molar-refractivity contribution is 5.96. The van der Waals surface area contributed by atoms with Crippen LogP contribution in [0.4, 0.5) is 10.5 Å². The fourth-order valence-corrected chi connectivity index (χ4v) is 1.32. The predicted molar refractivity (Wildman–Crippen MR) is 73.9 cm³/mol. The fraction of sp³-hybridized carbons (Fsp3) is 0.429. The zero-order valence-electron chi connectivity index (χ0n) is 11.7. The maximum absolute atomic E-state index is 11.8. The summed E-state index contributed by atoms with van der Waals surface area (Å²) in [5.74, 6) is -0.294. The van der Waals surface area contributed by atoms with E-state index in [-0.39, 0.29) is 5.91 Å². The van der Waals surface area contributed by atoms with Crippen LogP contribution in [-0.2, 0) is 9.53 Å². The smallest absolute Gasteiger partial charge is 0.408 e. The van der Waals surface area contributed by atoms with Crippen LogP contribution >= 0.6 is 0 Å². The summed E-state index contributed by atoms with van der Waals surface area (Å²) in [6.45, 7) is 6.89. The lowest BCUT2D eigenvalue weighted by Gasteiger charge is -2.21. The number of nitrogens with one attached hydrogen (secondary N) is 2. The fourth-order valence-electron chi connectivity index (χ4n) is 1.32. The molecule has 0 fully saturated rings. The number of alkyl carbamates (subject to hydrolysis) is 1. The molecule has 0 aliphatic rings. The summed E-state index contributed by atoms with van der Waals surface area (Å²) in [5.41, 5.74) is 0.102. The minimum Gasteiger partial charge on any atom is -0.444 e. The second-order valence-electron chi connectivity index (χ2n) is 5.22. The normalized spacial score (nSPS) is 12.4. The van der Waals surface area contributed by atoms with E-state index in [9.17, 15) is 9.59 Å². The van der Waals surface area contributed by atoms with Gasteiger partial charge >= 0.3 is 6.09 Å². The van der Waals surface area contributed by atoms with Crippen molar-refractivity contribution in [3.05, 3.63) is 30.3 Å².